The Bertz CT molecular complexity index is 652. The Morgan fingerprint density at radius 3 is 2.96 bits per heavy atom. The van der Waals surface area contributed by atoms with E-state index in [4.69, 9.17) is 9.47 Å². The molecule has 0 spiro atoms. The number of nitrogens with zero attached hydrogens (tertiary/aromatic N) is 2. The molecule has 1 atom stereocenters. The average molecular weight is 342 g/mol. The number of amides is 1. The fraction of sp³-hybridized carbons (Fsp3) is 0.550. The summed E-state index contributed by atoms with van der Waals surface area (Å²) in [6, 6.07) is 8.22. The van der Waals surface area contributed by atoms with Gasteiger partial charge in [0, 0.05) is 37.5 Å². The summed E-state index contributed by atoms with van der Waals surface area (Å²) < 4.78 is 11.3. The molecular weight excluding hydrogens is 316 g/mol. The Morgan fingerprint density at radius 2 is 2.08 bits per heavy atom. The van der Waals surface area contributed by atoms with E-state index in [1.807, 2.05) is 35.2 Å². The summed E-state index contributed by atoms with van der Waals surface area (Å²) in [5.41, 5.74) is 2.25. The van der Waals surface area contributed by atoms with Crippen molar-refractivity contribution < 1.29 is 14.3 Å². The number of hydrogen-bond donors (Lipinski definition) is 0. The van der Waals surface area contributed by atoms with Crippen LogP contribution < -0.4 is 9.64 Å². The quantitative estimate of drug-likeness (QED) is 0.825. The van der Waals surface area contributed by atoms with Crippen molar-refractivity contribution in [3.05, 3.63) is 35.9 Å². The highest BCUT2D eigenvalue weighted by atomic mass is 16.5. The first kappa shape index (κ1) is 16.6. The molecule has 1 saturated heterocycles. The minimum atomic E-state index is 0.118. The van der Waals surface area contributed by atoms with Crippen LogP contribution in [0.2, 0.25) is 0 Å². The first-order valence-electron chi connectivity index (χ1n) is 9.38. The van der Waals surface area contributed by atoms with E-state index in [9.17, 15) is 4.79 Å². The van der Waals surface area contributed by atoms with Gasteiger partial charge in [0.15, 0.2) is 0 Å². The second kappa shape index (κ2) is 7.58. The molecule has 5 heteroatoms. The molecule has 0 aromatic heterocycles. The lowest BCUT2D eigenvalue weighted by Crippen LogP contribution is -2.38. The summed E-state index contributed by atoms with van der Waals surface area (Å²) >= 11 is 0. The van der Waals surface area contributed by atoms with Crippen molar-refractivity contribution in [1.82, 2.24) is 4.90 Å². The number of ether oxygens (including phenoxy) is 2. The number of morpholine rings is 1. The molecule has 0 radical (unpaired) electrons. The summed E-state index contributed by atoms with van der Waals surface area (Å²) in [5.74, 6) is 0.954. The van der Waals surface area contributed by atoms with Crippen molar-refractivity contribution in [2.45, 2.75) is 31.7 Å². The van der Waals surface area contributed by atoms with Gasteiger partial charge in [0.1, 0.15) is 12.4 Å². The predicted octanol–water partition coefficient (Wildman–Crippen LogP) is 2.61. The molecule has 5 nitrogen and oxygen atoms in total. The number of anilines is 1. The zero-order chi connectivity index (χ0) is 17.1. The maximum atomic E-state index is 12.5. The van der Waals surface area contributed by atoms with Crippen molar-refractivity contribution in [3.8, 4) is 5.75 Å². The molecule has 0 bridgehead atoms. The summed E-state index contributed by atoms with van der Waals surface area (Å²) in [4.78, 5) is 16.8. The van der Waals surface area contributed by atoms with E-state index in [-0.39, 0.29) is 11.9 Å². The van der Waals surface area contributed by atoms with Crippen molar-refractivity contribution >= 4 is 11.6 Å². The van der Waals surface area contributed by atoms with Crippen LogP contribution in [0.3, 0.4) is 0 Å². The molecule has 4 rings (SSSR count). The van der Waals surface area contributed by atoms with Crippen LogP contribution in [0.25, 0.3) is 0 Å². The van der Waals surface area contributed by atoms with Crippen molar-refractivity contribution in [2.75, 3.05) is 44.4 Å². The summed E-state index contributed by atoms with van der Waals surface area (Å²) in [6.07, 6.45) is 6.37. The van der Waals surface area contributed by atoms with Gasteiger partial charge in [-0.15, -0.1) is 0 Å². The fourth-order valence-electron chi connectivity index (χ4n) is 4.01. The SMILES string of the molecule is O=C1C=C2CCCCC2N1c1cccc(OCCN2CCOCC2)c1. The zero-order valence-electron chi connectivity index (χ0n) is 14.7. The summed E-state index contributed by atoms with van der Waals surface area (Å²) in [7, 11) is 0. The van der Waals surface area contributed by atoms with Crippen LogP contribution in [0.15, 0.2) is 35.9 Å². The molecule has 1 amide bonds. The maximum Gasteiger partial charge on any atom is 0.251 e. The van der Waals surface area contributed by atoms with Gasteiger partial charge in [0.2, 0.25) is 0 Å². The zero-order valence-corrected chi connectivity index (χ0v) is 14.7. The van der Waals surface area contributed by atoms with Gasteiger partial charge in [-0.1, -0.05) is 12.5 Å². The van der Waals surface area contributed by atoms with Crippen LogP contribution in [0.4, 0.5) is 5.69 Å². The first-order valence-corrected chi connectivity index (χ1v) is 9.38. The van der Waals surface area contributed by atoms with Gasteiger partial charge in [-0.2, -0.15) is 0 Å². The number of carbonyl (C=O) groups is 1. The molecule has 134 valence electrons. The largest absolute Gasteiger partial charge is 0.492 e. The number of carbonyl (C=O) groups excluding carboxylic acids is 1. The molecule has 1 aliphatic carbocycles. The number of hydrogen-bond acceptors (Lipinski definition) is 4. The molecular formula is C20H26N2O3. The van der Waals surface area contributed by atoms with Crippen LogP contribution in [-0.4, -0.2) is 56.3 Å². The normalized spacial score (nSPS) is 24.2. The Labute approximate surface area is 149 Å². The standard InChI is InChI=1S/C20H26N2O3/c23-20-14-16-4-1-2-7-19(16)22(20)17-5-3-6-18(15-17)25-13-10-21-8-11-24-12-9-21/h3,5-6,14-15,19H,1-2,4,7-13H2. The monoisotopic (exact) mass is 342 g/mol. The predicted molar refractivity (Wildman–Crippen MR) is 97.0 cm³/mol. The highest BCUT2D eigenvalue weighted by Gasteiger charge is 2.35. The molecule has 1 saturated carbocycles. The Balaban J connectivity index is 1.38. The third-order valence-electron chi connectivity index (χ3n) is 5.35. The third-order valence-corrected chi connectivity index (χ3v) is 5.35. The minimum Gasteiger partial charge on any atom is -0.492 e. The molecule has 0 N–H and O–H groups in total. The van der Waals surface area contributed by atoms with Crippen LogP contribution in [0.1, 0.15) is 25.7 Å². The lowest BCUT2D eigenvalue weighted by Gasteiger charge is -2.30. The van der Waals surface area contributed by atoms with Gasteiger partial charge in [0.05, 0.1) is 19.3 Å². The smallest absolute Gasteiger partial charge is 0.251 e. The van der Waals surface area contributed by atoms with Crippen molar-refractivity contribution in [1.29, 1.82) is 0 Å². The van der Waals surface area contributed by atoms with Crippen LogP contribution in [-0.2, 0) is 9.53 Å². The topological polar surface area (TPSA) is 42.0 Å². The molecule has 2 aliphatic heterocycles. The maximum absolute atomic E-state index is 12.5. The lowest BCUT2D eigenvalue weighted by atomic mass is 9.91. The van der Waals surface area contributed by atoms with Gasteiger partial charge in [-0.05, 0) is 37.0 Å². The highest BCUT2D eigenvalue weighted by Crippen LogP contribution is 2.36. The summed E-state index contributed by atoms with van der Waals surface area (Å²) in [6.45, 7) is 5.13. The van der Waals surface area contributed by atoms with Gasteiger partial charge < -0.3 is 14.4 Å². The van der Waals surface area contributed by atoms with Gasteiger partial charge in [-0.3, -0.25) is 9.69 Å². The van der Waals surface area contributed by atoms with Crippen LogP contribution in [0, 0.1) is 0 Å². The van der Waals surface area contributed by atoms with Gasteiger partial charge in [0.25, 0.3) is 5.91 Å². The van der Waals surface area contributed by atoms with E-state index in [1.54, 1.807) is 0 Å². The van der Waals surface area contributed by atoms with Crippen LogP contribution >= 0.6 is 0 Å². The minimum absolute atomic E-state index is 0.118. The van der Waals surface area contributed by atoms with Crippen molar-refractivity contribution in [2.24, 2.45) is 0 Å². The van der Waals surface area contributed by atoms with E-state index >= 15 is 0 Å². The van der Waals surface area contributed by atoms with Crippen LogP contribution in [0.5, 0.6) is 5.75 Å². The first-order chi connectivity index (χ1) is 12.3. The molecule has 2 fully saturated rings. The molecule has 2 heterocycles. The van der Waals surface area contributed by atoms with E-state index in [0.29, 0.717) is 6.61 Å². The second-order valence-electron chi connectivity index (χ2n) is 6.99. The fourth-order valence-corrected chi connectivity index (χ4v) is 4.01. The Kier molecular flexibility index (Phi) is 5.04. The molecule has 1 unspecified atom stereocenters. The van der Waals surface area contributed by atoms with Crippen molar-refractivity contribution in [3.63, 3.8) is 0 Å². The third kappa shape index (κ3) is 3.72. The number of benzene rings is 1. The van der Waals surface area contributed by atoms with E-state index in [0.717, 1.165) is 57.1 Å². The average Bonchev–Trinajstić information content (AvgIpc) is 2.98. The lowest BCUT2D eigenvalue weighted by molar-refractivity contribution is -0.113. The van der Waals surface area contributed by atoms with E-state index < -0.39 is 0 Å². The Hall–Kier alpha value is -1.85. The number of rotatable bonds is 5. The molecule has 3 aliphatic rings. The molecule has 1 aromatic rings. The summed E-state index contributed by atoms with van der Waals surface area (Å²) in [5, 5.41) is 0. The Morgan fingerprint density at radius 1 is 1.20 bits per heavy atom. The van der Waals surface area contributed by atoms with E-state index in [2.05, 4.69) is 4.90 Å². The highest BCUT2D eigenvalue weighted by molar-refractivity contribution is 6.06. The van der Waals surface area contributed by atoms with Gasteiger partial charge >= 0.3 is 0 Å². The molecule has 25 heavy (non-hydrogen) atoms. The number of fused-ring (bicyclic) bond motifs is 1. The second-order valence-corrected chi connectivity index (χ2v) is 6.99. The molecule has 1 aromatic carbocycles. The van der Waals surface area contributed by atoms with Gasteiger partial charge in [-0.25, -0.2) is 0 Å². The van der Waals surface area contributed by atoms with E-state index in [1.165, 1.54) is 18.4 Å².